The van der Waals surface area contributed by atoms with Crippen molar-refractivity contribution in [2.24, 2.45) is 0 Å². The van der Waals surface area contributed by atoms with Crippen molar-refractivity contribution in [3.8, 4) is 6.01 Å². The van der Waals surface area contributed by atoms with Crippen molar-refractivity contribution >= 4 is 45.8 Å². The molecular weight excluding hydrogens is 676 g/mol. The predicted octanol–water partition coefficient (Wildman–Crippen LogP) is 6.36. The number of piperazine rings is 1. The van der Waals surface area contributed by atoms with Crippen molar-refractivity contribution in [1.29, 1.82) is 0 Å². The fourth-order valence-corrected chi connectivity index (χ4v) is 8.02. The molecule has 0 saturated carbocycles. The van der Waals surface area contributed by atoms with Crippen LogP contribution in [0.1, 0.15) is 48.1 Å². The third kappa shape index (κ3) is 8.18. The Morgan fingerprint density at radius 2 is 1.79 bits per heavy atom. The van der Waals surface area contributed by atoms with Crippen molar-refractivity contribution in [1.82, 2.24) is 19.8 Å². The standard InChI is InChI=1S/C41H47ClN6O4/c1-3-37(49)46-21-23-47(24-22-46)40-33-17-20-48(36-15-6-12-31-11-5-14-34(42)39(31)36)26-35(33)43-41(44-40)52-28-32-13-7-18-45(32)19-8-16-38(50)51-27-30-10-4-9-29(2)25-30/h3-6,9-12,14-15,25,32H,1,7-8,13,16-24,26-28H2,2H3. The normalized spacial score (nSPS) is 17.7. The zero-order chi connectivity index (χ0) is 36.0. The van der Waals surface area contributed by atoms with Gasteiger partial charge < -0.3 is 24.2 Å². The maximum atomic E-state index is 12.5. The van der Waals surface area contributed by atoms with Crippen LogP contribution in [-0.4, -0.2) is 90.1 Å². The van der Waals surface area contributed by atoms with Gasteiger partial charge in [-0.25, -0.2) is 0 Å². The van der Waals surface area contributed by atoms with Crippen molar-refractivity contribution in [2.45, 2.75) is 58.2 Å². The Morgan fingerprint density at radius 3 is 2.60 bits per heavy atom. The molecule has 3 aliphatic heterocycles. The molecular formula is C41H47ClN6O4. The molecule has 1 amide bonds. The molecule has 0 N–H and O–H groups in total. The summed E-state index contributed by atoms with van der Waals surface area (Å²) in [6.07, 6.45) is 5.38. The van der Waals surface area contributed by atoms with E-state index in [4.69, 9.17) is 31.0 Å². The third-order valence-corrected chi connectivity index (χ3v) is 10.8. The molecule has 11 heteroatoms. The van der Waals surface area contributed by atoms with Crippen LogP contribution in [0.5, 0.6) is 6.01 Å². The Balaban J connectivity index is 1.03. The molecule has 272 valence electrons. The van der Waals surface area contributed by atoms with E-state index < -0.39 is 0 Å². The molecule has 52 heavy (non-hydrogen) atoms. The molecule has 0 radical (unpaired) electrons. The lowest BCUT2D eigenvalue weighted by Gasteiger charge is -2.38. The number of hydrogen-bond donors (Lipinski definition) is 0. The molecule has 3 aromatic carbocycles. The fraction of sp³-hybridized carbons (Fsp3) is 0.415. The van der Waals surface area contributed by atoms with Gasteiger partial charge in [0.15, 0.2) is 0 Å². The lowest BCUT2D eigenvalue weighted by atomic mass is 10.0. The van der Waals surface area contributed by atoms with Gasteiger partial charge in [-0.3, -0.25) is 14.5 Å². The van der Waals surface area contributed by atoms with Crippen molar-refractivity contribution < 1.29 is 19.1 Å². The van der Waals surface area contributed by atoms with E-state index in [0.717, 1.165) is 95.0 Å². The highest BCUT2D eigenvalue weighted by Gasteiger charge is 2.30. The molecule has 0 spiro atoms. The number of rotatable bonds is 12. The molecule has 0 aliphatic carbocycles. The number of carbonyl (C=O) groups excluding carboxylic acids is 2. The zero-order valence-electron chi connectivity index (χ0n) is 29.9. The fourth-order valence-electron chi connectivity index (χ4n) is 7.74. The topological polar surface area (TPSA) is 91.3 Å². The molecule has 4 aromatic rings. The summed E-state index contributed by atoms with van der Waals surface area (Å²) in [6, 6.07) is 21.0. The second-order valence-corrected chi connectivity index (χ2v) is 14.4. The summed E-state index contributed by atoms with van der Waals surface area (Å²) in [7, 11) is 0. The van der Waals surface area contributed by atoms with E-state index >= 15 is 0 Å². The first-order valence-electron chi connectivity index (χ1n) is 18.4. The Labute approximate surface area is 311 Å². The molecule has 10 nitrogen and oxygen atoms in total. The number of benzene rings is 3. The quantitative estimate of drug-likeness (QED) is 0.123. The smallest absolute Gasteiger partial charge is 0.318 e. The molecule has 1 atom stereocenters. The first kappa shape index (κ1) is 35.7. The summed E-state index contributed by atoms with van der Waals surface area (Å²) in [6.45, 7) is 12.2. The molecule has 4 heterocycles. The summed E-state index contributed by atoms with van der Waals surface area (Å²) in [5, 5.41) is 2.89. The van der Waals surface area contributed by atoms with E-state index in [-0.39, 0.29) is 17.9 Å². The number of anilines is 2. The molecule has 2 saturated heterocycles. The second kappa shape index (κ2) is 16.3. The minimum absolute atomic E-state index is 0.0435. The highest BCUT2D eigenvalue weighted by atomic mass is 35.5. The number of likely N-dealkylation sites (tertiary alicyclic amines) is 1. The summed E-state index contributed by atoms with van der Waals surface area (Å²) in [4.78, 5) is 43.7. The number of ether oxygens (including phenoxy) is 2. The number of hydrogen-bond acceptors (Lipinski definition) is 9. The van der Waals surface area contributed by atoms with Crippen LogP contribution in [0.25, 0.3) is 10.8 Å². The number of aryl methyl sites for hydroxylation is 1. The minimum atomic E-state index is -0.169. The highest BCUT2D eigenvalue weighted by Crippen LogP contribution is 2.37. The third-order valence-electron chi connectivity index (χ3n) is 10.5. The van der Waals surface area contributed by atoms with E-state index in [1.54, 1.807) is 0 Å². The molecule has 7 rings (SSSR count). The van der Waals surface area contributed by atoms with E-state index in [1.807, 2.05) is 48.2 Å². The van der Waals surface area contributed by atoms with Crippen LogP contribution in [0.2, 0.25) is 5.02 Å². The predicted molar refractivity (Wildman–Crippen MR) is 205 cm³/mol. The van der Waals surface area contributed by atoms with Crippen LogP contribution in [0.4, 0.5) is 11.5 Å². The number of fused-ring (bicyclic) bond motifs is 2. The maximum Gasteiger partial charge on any atom is 0.318 e. The Hall–Kier alpha value is -4.67. The summed E-state index contributed by atoms with van der Waals surface area (Å²) < 4.78 is 12.0. The van der Waals surface area contributed by atoms with E-state index in [9.17, 15) is 9.59 Å². The van der Waals surface area contributed by atoms with Crippen molar-refractivity contribution in [3.63, 3.8) is 0 Å². The van der Waals surface area contributed by atoms with Crippen LogP contribution in [0, 0.1) is 6.92 Å². The van der Waals surface area contributed by atoms with Gasteiger partial charge in [-0.1, -0.05) is 72.3 Å². The minimum Gasteiger partial charge on any atom is -0.462 e. The van der Waals surface area contributed by atoms with Gasteiger partial charge in [0.05, 0.1) is 17.3 Å². The number of carbonyl (C=O) groups is 2. The van der Waals surface area contributed by atoms with Crippen molar-refractivity contribution in [3.05, 3.63) is 101 Å². The van der Waals surface area contributed by atoms with Gasteiger partial charge in [0.25, 0.3) is 0 Å². The summed E-state index contributed by atoms with van der Waals surface area (Å²) >= 11 is 6.74. The Kier molecular flexibility index (Phi) is 11.2. The Bertz CT molecular complexity index is 1920. The average molecular weight is 723 g/mol. The monoisotopic (exact) mass is 722 g/mol. The maximum absolute atomic E-state index is 12.5. The number of nitrogens with zero attached hydrogens (tertiary/aromatic N) is 6. The van der Waals surface area contributed by atoms with Gasteiger partial charge in [-0.15, -0.1) is 0 Å². The van der Waals surface area contributed by atoms with Crippen LogP contribution in [0.15, 0.2) is 73.3 Å². The van der Waals surface area contributed by atoms with Gasteiger partial charge in [0, 0.05) is 61.8 Å². The van der Waals surface area contributed by atoms with Crippen LogP contribution < -0.4 is 14.5 Å². The summed E-state index contributed by atoms with van der Waals surface area (Å²) in [5.41, 5.74) is 5.34. The largest absolute Gasteiger partial charge is 0.462 e. The first-order chi connectivity index (χ1) is 25.4. The summed E-state index contributed by atoms with van der Waals surface area (Å²) in [5.74, 6) is 0.685. The van der Waals surface area contributed by atoms with E-state index in [2.05, 4.69) is 45.5 Å². The molecule has 3 aliphatic rings. The van der Waals surface area contributed by atoms with Crippen LogP contribution in [0.3, 0.4) is 0 Å². The molecule has 0 bridgehead atoms. The molecule has 2 fully saturated rings. The molecule has 1 unspecified atom stereocenters. The number of amides is 1. The van der Waals surface area contributed by atoms with Crippen LogP contribution in [-0.2, 0) is 33.9 Å². The number of halogens is 1. The number of aromatic nitrogens is 2. The van der Waals surface area contributed by atoms with Gasteiger partial charge in [-0.2, -0.15) is 9.97 Å². The zero-order valence-corrected chi connectivity index (χ0v) is 30.7. The first-order valence-corrected chi connectivity index (χ1v) is 18.8. The average Bonchev–Trinajstić information content (AvgIpc) is 3.62. The van der Waals surface area contributed by atoms with Gasteiger partial charge in [0.2, 0.25) is 5.91 Å². The van der Waals surface area contributed by atoms with Crippen LogP contribution >= 0.6 is 11.6 Å². The second-order valence-electron chi connectivity index (χ2n) is 14.0. The molecule has 1 aromatic heterocycles. The lowest BCUT2D eigenvalue weighted by Crippen LogP contribution is -2.49. The van der Waals surface area contributed by atoms with Gasteiger partial charge in [0.1, 0.15) is 19.0 Å². The lowest BCUT2D eigenvalue weighted by molar-refractivity contribution is -0.145. The highest BCUT2D eigenvalue weighted by molar-refractivity contribution is 6.36. The Morgan fingerprint density at radius 1 is 0.981 bits per heavy atom. The van der Waals surface area contributed by atoms with Gasteiger partial charge in [-0.05, 0) is 74.9 Å². The van der Waals surface area contributed by atoms with E-state index in [0.29, 0.717) is 58.4 Å². The van der Waals surface area contributed by atoms with Gasteiger partial charge >= 0.3 is 12.0 Å². The number of esters is 1. The van der Waals surface area contributed by atoms with Crippen molar-refractivity contribution in [2.75, 3.05) is 62.2 Å². The SMILES string of the molecule is C=CC(=O)N1CCN(c2nc(OCC3CCCN3CCCC(=O)OCc3cccc(C)c3)nc3c2CCN(c2cccc4cccc(Cl)c24)C3)CC1. The van der Waals surface area contributed by atoms with E-state index in [1.165, 1.54) is 6.08 Å².